The van der Waals surface area contributed by atoms with Crippen LogP contribution in [0, 0.1) is 18.7 Å². The molecule has 4 heteroatoms. The number of nitrogens with zero attached hydrogens (tertiary/aromatic N) is 1. The SMILES string of the molecule is Cc1cccc(-c2cnc(CCNCC(C)C)o2)c1F. The minimum absolute atomic E-state index is 0.242. The van der Waals surface area contributed by atoms with E-state index >= 15 is 0 Å². The second kappa shape index (κ2) is 6.66. The van der Waals surface area contributed by atoms with Crippen LogP contribution in [0.5, 0.6) is 0 Å². The predicted molar refractivity (Wildman–Crippen MR) is 78.0 cm³/mol. The lowest BCUT2D eigenvalue weighted by Gasteiger charge is -2.05. The van der Waals surface area contributed by atoms with E-state index < -0.39 is 0 Å². The summed E-state index contributed by atoms with van der Waals surface area (Å²) < 4.78 is 19.6. The Morgan fingerprint density at radius 3 is 2.90 bits per heavy atom. The van der Waals surface area contributed by atoms with Crippen molar-refractivity contribution in [3.05, 3.63) is 41.7 Å². The van der Waals surface area contributed by atoms with Gasteiger partial charge in [0, 0.05) is 13.0 Å². The molecule has 0 aliphatic carbocycles. The second-order valence-electron chi connectivity index (χ2n) is 5.40. The molecule has 20 heavy (non-hydrogen) atoms. The van der Waals surface area contributed by atoms with E-state index in [4.69, 9.17) is 4.42 Å². The highest BCUT2D eigenvalue weighted by molar-refractivity contribution is 5.58. The van der Waals surface area contributed by atoms with Crippen LogP contribution >= 0.6 is 0 Å². The van der Waals surface area contributed by atoms with Crippen LogP contribution in [-0.2, 0) is 6.42 Å². The first-order chi connectivity index (χ1) is 9.58. The highest BCUT2D eigenvalue weighted by Gasteiger charge is 2.12. The van der Waals surface area contributed by atoms with E-state index in [1.165, 1.54) is 0 Å². The number of benzene rings is 1. The summed E-state index contributed by atoms with van der Waals surface area (Å²) in [5.74, 6) is 1.51. The fourth-order valence-corrected chi connectivity index (χ4v) is 1.97. The van der Waals surface area contributed by atoms with Gasteiger partial charge in [0.15, 0.2) is 11.7 Å². The largest absolute Gasteiger partial charge is 0.441 e. The summed E-state index contributed by atoms with van der Waals surface area (Å²) in [6.45, 7) is 7.86. The summed E-state index contributed by atoms with van der Waals surface area (Å²) in [4.78, 5) is 4.21. The van der Waals surface area contributed by atoms with Gasteiger partial charge >= 0.3 is 0 Å². The lowest BCUT2D eigenvalue weighted by atomic mass is 10.1. The minimum atomic E-state index is -0.242. The van der Waals surface area contributed by atoms with Crippen LogP contribution in [0.25, 0.3) is 11.3 Å². The maximum atomic E-state index is 14.0. The third kappa shape index (κ3) is 3.67. The Morgan fingerprint density at radius 1 is 1.35 bits per heavy atom. The molecule has 0 radical (unpaired) electrons. The van der Waals surface area contributed by atoms with E-state index in [1.807, 2.05) is 6.07 Å². The van der Waals surface area contributed by atoms with Gasteiger partial charge in [0.05, 0.1) is 11.8 Å². The molecule has 0 unspecified atom stereocenters. The maximum absolute atomic E-state index is 14.0. The van der Waals surface area contributed by atoms with E-state index in [1.54, 1.807) is 25.3 Å². The number of hydrogen-bond donors (Lipinski definition) is 1. The van der Waals surface area contributed by atoms with Gasteiger partial charge in [-0.05, 0) is 31.0 Å². The fourth-order valence-electron chi connectivity index (χ4n) is 1.97. The van der Waals surface area contributed by atoms with Crippen LogP contribution in [0.4, 0.5) is 4.39 Å². The van der Waals surface area contributed by atoms with Crippen molar-refractivity contribution in [1.29, 1.82) is 0 Å². The molecule has 0 bridgehead atoms. The number of aryl methyl sites for hydroxylation is 1. The molecule has 0 amide bonds. The Morgan fingerprint density at radius 2 is 2.15 bits per heavy atom. The van der Waals surface area contributed by atoms with Crippen LogP contribution in [-0.4, -0.2) is 18.1 Å². The summed E-state index contributed by atoms with van der Waals surface area (Å²) in [6.07, 6.45) is 2.30. The molecule has 2 aromatic rings. The zero-order valence-corrected chi connectivity index (χ0v) is 12.2. The van der Waals surface area contributed by atoms with Crippen molar-refractivity contribution in [3.63, 3.8) is 0 Å². The standard InChI is InChI=1S/C16H21FN2O/c1-11(2)9-18-8-7-15-19-10-14(20-15)13-6-4-5-12(3)16(13)17/h4-6,10-11,18H,7-9H2,1-3H3. The number of oxazole rings is 1. The zero-order chi connectivity index (χ0) is 14.5. The smallest absolute Gasteiger partial charge is 0.196 e. The molecular formula is C16H21FN2O. The summed E-state index contributed by atoms with van der Waals surface area (Å²) in [5.41, 5.74) is 1.08. The van der Waals surface area contributed by atoms with Gasteiger partial charge in [-0.1, -0.05) is 26.0 Å². The van der Waals surface area contributed by atoms with E-state index in [0.29, 0.717) is 35.1 Å². The fraction of sp³-hybridized carbons (Fsp3) is 0.438. The van der Waals surface area contributed by atoms with Gasteiger partial charge in [0.25, 0.3) is 0 Å². The van der Waals surface area contributed by atoms with Crippen LogP contribution in [0.1, 0.15) is 25.3 Å². The van der Waals surface area contributed by atoms with Crippen molar-refractivity contribution < 1.29 is 8.81 Å². The molecule has 0 aliphatic rings. The molecule has 0 saturated carbocycles. The molecule has 0 aliphatic heterocycles. The number of aromatic nitrogens is 1. The van der Waals surface area contributed by atoms with Gasteiger partial charge in [0.2, 0.25) is 0 Å². The van der Waals surface area contributed by atoms with Crippen molar-refractivity contribution in [3.8, 4) is 11.3 Å². The zero-order valence-electron chi connectivity index (χ0n) is 12.2. The lowest BCUT2D eigenvalue weighted by molar-refractivity contribution is 0.480. The summed E-state index contributed by atoms with van der Waals surface area (Å²) in [6, 6.07) is 5.27. The van der Waals surface area contributed by atoms with Gasteiger partial charge in [0.1, 0.15) is 5.82 Å². The predicted octanol–water partition coefficient (Wildman–Crippen LogP) is 3.58. The molecule has 0 saturated heterocycles. The molecule has 0 spiro atoms. The van der Waals surface area contributed by atoms with Gasteiger partial charge < -0.3 is 9.73 Å². The summed E-state index contributed by atoms with van der Waals surface area (Å²) >= 11 is 0. The highest BCUT2D eigenvalue weighted by atomic mass is 19.1. The number of hydrogen-bond acceptors (Lipinski definition) is 3. The molecule has 1 N–H and O–H groups in total. The average molecular weight is 276 g/mol. The van der Waals surface area contributed by atoms with Crippen LogP contribution in [0.3, 0.4) is 0 Å². The quantitative estimate of drug-likeness (QED) is 0.820. The third-order valence-electron chi connectivity index (χ3n) is 3.08. The van der Waals surface area contributed by atoms with Gasteiger partial charge in [-0.25, -0.2) is 9.37 Å². The van der Waals surface area contributed by atoms with E-state index in [-0.39, 0.29) is 5.82 Å². The molecule has 3 nitrogen and oxygen atoms in total. The van der Waals surface area contributed by atoms with Crippen molar-refractivity contribution >= 4 is 0 Å². The Hall–Kier alpha value is -1.68. The monoisotopic (exact) mass is 276 g/mol. The summed E-state index contributed by atoms with van der Waals surface area (Å²) in [5, 5.41) is 3.33. The normalized spacial score (nSPS) is 11.2. The first kappa shape index (κ1) is 14.7. The van der Waals surface area contributed by atoms with Gasteiger partial charge in [-0.3, -0.25) is 0 Å². The number of nitrogens with one attached hydrogen (secondary N) is 1. The van der Waals surface area contributed by atoms with Crippen molar-refractivity contribution in [2.45, 2.75) is 27.2 Å². The third-order valence-corrected chi connectivity index (χ3v) is 3.08. The first-order valence-electron chi connectivity index (χ1n) is 6.99. The van der Waals surface area contributed by atoms with Gasteiger partial charge in [-0.15, -0.1) is 0 Å². The number of rotatable bonds is 6. The van der Waals surface area contributed by atoms with Crippen LogP contribution < -0.4 is 5.32 Å². The van der Waals surface area contributed by atoms with Crippen molar-refractivity contribution in [1.82, 2.24) is 10.3 Å². The highest BCUT2D eigenvalue weighted by Crippen LogP contribution is 2.25. The topological polar surface area (TPSA) is 38.1 Å². The molecule has 1 heterocycles. The Labute approximate surface area is 119 Å². The maximum Gasteiger partial charge on any atom is 0.196 e. The molecule has 2 rings (SSSR count). The van der Waals surface area contributed by atoms with E-state index in [9.17, 15) is 4.39 Å². The molecule has 1 aromatic heterocycles. The Bertz CT molecular complexity index is 563. The molecule has 1 aromatic carbocycles. The van der Waals surface area contributed by atoms with Crippen molar-refractivity contribution in [2.24, 2.45) is 5.92 Å². The molecule has 0 atom stereocenters. The van der Waals surface area contributed by atoms with Gasteiger partial charge in [-0.2, -0.15) is 0 Å². The van der Waals surface area contributed by atoms with E-state index in [0.717, 1.165) is 13.1 Å². The second-order valence-corrected chi connectivity index (χ2v) is 5.40. The first-order valence-corrected chi connectivity index (χ1v) is 6.99. The minimum Gasteiger partial charge on any atom is -0.441 e. The van der Waals surface area contributed by atoms with Crippen LogP contribution in [0.15, 0.2) is 28.8 Å². The summed E-state index contributed by atoms with van der Waals surface area (Å²) in [7, 11) is 0. The number of halogens is 1. The van der Waals surface area contributed by atoms with Crippen LogP contribution in [0.2, 0.25) is 0 Å². The Balaban J connectivity index is 2.00. The van der Waals surface area contributed by atoms with Crippen molar-refractivity contribution in [2.75, 3.05) is 13.1 Å². The van der Waals surface area contributed by atoms with E-state index in [2.05, 4.69) is 24.1 Å². The molecule has 108 valence electrons. The lowest BCUT2D eigenvalue weighted by Crippen LogP contribution is -2.22. The average Bonchev–Trinajstić information content (AvgIpc) is 2.86. The molecular weight excluding hydrogens is 255 g/mol. The molecule has 0 fully saturated rings. The Kier molecular flexibility index (Phi) is 4.90.